The molecule has 0 saturated carbocycles. The second-order valence-electron chi connectivity index (χ2n) is 9.17. The third-order valence-corrected chi connectivity index (χ3v) is 6.68. The highest BCUT2D eigenvalue weighted by molar-refractivity contribution is 6.03. The number of fused-ring (bicyclic) bond motifs is 3. The number of nitrogens with one attached hydrogen (secondary N) is 1. The van der Waals surface area contributed by atoms with E-state index in [1.54, 1.807) is 6.92 Å². The summed E-state index contributed by atoms with van der Waals surface area (Å²) in [5.74, 6) is -2.33. The molecule has 1 aliphatic carbocycles. The molecule has 2 N–H and O–H groups in total. The first-order valence-corrected chi connectivity index (χ1v) is 11.2. The molecule has 1 heterocycles. The summed E-state index contributed by atoms with van der Waals surface area (Å²) in [6, 6.07) is 19.4. The summed E-state index contributed by atoms with van der Waals surface area (Å²) in [7, 11) is 0. The van der Waals surface area contributed by atoms with Crippen LogP contribution in [0.2, 0.25) is 0 Å². The average Bonchev–Trinajstić information content (AvgIpc) is 3.15. The lowest BCUT2D eigenvalue weighted by molar-refractivity contribution is -0.155. The Morgan fingerprint density at radius 2 is 1.63 bits per heavy atom. The number of nitrogens with zero attached hydrogens (tertiary/aromatic N) is 1. The van der Waals surface area contributed by atoms with Crippen LogP contribution in [0, 0.1) is 11.2 Å². The minimum Gasteiger partial charge on any atom is -0.481 e. The number of rotatable bonds is 5. The largest absolute Gasteiger partial charge is 0.481 e. The SMILES string of the molecule is CC1(C(=O)O)CN(C(=O)c2cc(F)ccc2NC(=O)OCC2c3ccccc3-c3ccccc32)C1. The first-order chi connectivity index (χ1) is 16.8. The van der Waals surface area contributed by atoms with Crippen molar-refractivity contribution >= 4 is 23.7 Å². The van der Waals surface area contributed by atoms with E-state index in [0.29, 0.717) is 0 Å². The van der Waals surface area contributed by atoms with E-state index in [0.717, 1.165) is 34.4 Å². The number of benzene rings is 3. The van der Waals surface area contributed by atoms with Crippen LogP contribution >= 0.6 is 0 Å². The summed E-state index contributed by atoms with van der Waals surface area (Å²) in [4.78, 5) is 38.2. The monoisotopic (exact) mass is 474 g/mol. The van der Waals surface area contributed by atoms with Crippen molar-refractivity contribution in [3.63, 3.8) is 0 Å². The summed E-state index contributed by atoms with van der Waals surface area (Å²) >= 11 is 0. The van der Waals surface area contributed by atoms with Crippen molar-refractivity contribution in [3.05, 3.63) is 89.2 Å². The quantitative estimate of drug-likeness (QED) is 0.557. The number of amides is 2. The highest BCUT2D eigenvalue weighted by Crippen LogP contribution is 2.44. The van der Waals surface area contributed by atoms with Gasteiger partial charge >= 0.3 is 12.1 Å². The van der Waals surface area contributed by atoms with Gasteiger partial charge in [-0.05, 0) is 47.4 Å². The van der Waals surface area contributed by atoms with Crippen LogP contribution in [-0.2, 0) is 9.53 Å². The highest BCUT2D eigenvalue weighted by atomic mass is 19.1. The van der Waals surface area contributed by atoms with Gasteiger partial charge in [-0.1, -0.05) is 48.5 Å². The van der Waals surface area contributed by atoms with Crippen LogP contribution in [0.1, 0.15) is 34.3 Å². The Kier molecular flexibility index (Phi) is 5.51. The minimum absolute atomic E-state index is 0.00205. The van der Waals surface area contributed by atoms with Gasteiger partial charge in [0.2, 0.25) is 0 Å². The zero-order valence-electron chi connectivity index (χ0n) is 19.0. The van der Waals surface area contributed by atoms with Crippen LogP contribution in [0.3, 0.4) is 0 Å². The van der Waals surface area contributed by atoms with Crippen LogP contribution in [-0.4, -0.2) is 47.7 Å². The molecule has 3 aromatic rings. The topological polar surface area (TPSA) is 95.9 Å². The number of hydrogen-bond acceptors (Lipinski definition) is 4. The van der Waals surface area contributed by atoms with Crippen LogP contribution < -0.4 is 5.32 Å². The van der Waals surface area contributed by atoms with E-state index in [1.807, 2.05) is 48.5 Å². The fourth-order valence-corrected chi connectivity index (χ4v) is 4.79. The molecule has 1 fully saturated rings. The standard InChI is InChI=1S/C27H23FN2O5/c1-27(25(32)33)14-30(15-27)24(31)21-12-16(28)10-11-23(21)29-26(34)35-13-22-19-8-4-2-6-17(19)18-7-3-5-9-20(18)22/h2-12,22H,13-15H2,1H3,(H,29,34)(H,32,33). The van der Waals surface area contributed by atoms with Gasteiger partial charge in [0.05, 0.1) is 11.3 Å². The van der Waals surface area contributed by atoms with Gasteiger partial charge in [0.25, 0.3) is 5.91 Å². The predicted octanol–water partition coefficient (Wildman–Crippen LogP) is 4.73. The number of carboxylic acid groups (broad SMARTS) is 1. The molecule has 0 radical (unpaired) electrons. The van der Waals surface area contributed by atoms with E-state index in [4.69, 9.17) is 4.74 Å². The van der Waals surface area contributed by atoms with Crippen molar-refractivity contribution in [1.29, 1.82) is 0 Å². The Balaban J connectivity index is 1.29. The molecular formula is C27H23FN2O5. The summed E-state index contributed by atoms with van der Waals surface area (Å²) in [5, 5.41) is 11.8. The molecule has 1 saturated heterocycles. The molecule has 8 heteroatoms. The molecule has 0 unspecified atom stereocenters. The van der Waals surface area contributed by atoms with Gasteiger partial charge < -0.3 is 14.7 Å². The Bertz CT molecular complexity index is 1300. The molecule has 1 aliphatic heterocycles. The Morgan fingerprint density at radius 3 is 2.23 bits per heavy atom. The van der Waals surface area contributed by atoms with Crippen LogP contribution in [0.25, 0.3) is 11.1 Å². The maximum absolute atomic E-state index is 13.9. The van der Waals surface area contributed by atoms with Gasteiger partial charge in [0.15, 0.2) is 0 Å². The van der Waals surface area contributed by atoms with Gasteiger partial charge in [-0.3, -0.25) is 14.9 Å². The van der Waals surface area contributed by atoms with Crippen molar-refractivity contribution in [1.82, 2.24) is 4.90 Å². The van der Waals surface area contributed by atoms with Gasteiger partial charge in [0.1, 0.15) is 17.8 Å². The fourth-order valence-electron chi connectivity index (χ4n) is 4.79. The average molecular weight is 474 g/mol. The predicted molar refractivity (Wildman–Crippen MR) is 127 cm³/mol. The van der Waals surface area contributed by atoms with Crippen LogP contribution in [0.5, 0.6) is 0 Å². The van der Waals surface area contributed by atoms with E-state index < -0.39 is 29.2 Å². The lowest BCUT2D eigenvalue weighted by atomic mass is 9.81. The molecule has 5 rings (SSSR count). The zero-order chi connectivity index (χ0) is 24.7. The molecule has 35 heavy (non-hydrogen) atoms. The number of likely N-dealkylation sites (tertiary alicyclic amines) is 1. The van der Waals surface area contributed by atoms with Crippen molar-refractivity contribution in [2.45, 2.75) is 12.8 Å². The smallest absolute Gasteiger partial charge is 0.411 e. The number of hydrogen-bond donors (Lipinski definition) is 2. The summed E-state index contributed by atoms with van der Waals surface area (Å²) in [5.41, 5.74) is 3.34. The number of halogens is 1. The van der Waals surface area contributed by atoms with Crippen molar-refractivity contribution < 1.29 is 28.6 Å². The normalized spacial score (nSPS) is 15.5. The number of anilines is 1. The first-order valence-electron chi connectivity index (χ1n) is 11.2. The number of ether oxygens (including phenoxy) is 1. The maximum atomic E-state index is 13.9. The minimum atomic E-state index is -1.04. The van der Waals surface area contributed by atoms with Crippen molar-refractivity contribution in [3.8, 4) is 11.1 Å². The van der Waals surface area contributed by atoms with Crippen molar-refractivity contribution in [2.75, 3.05) is 25.0 Å². The molecule has 2 amide bonds. The zero-order valence-corrected chi connectivity index (χ0v) is 19.0. The molecular weight excluding hydrogens is 451 g/mol. The summed E-state index contributed by atoms with van der Waals surface area (Å²) in [6.07, 6.45) is -0.772. The number of carbonyl (C=O) groups excluding carboxylic acids is 2. The third kappa shape index (κ3) is 4.01. The van der Waals surface area contributed by atoms with Gasteiger partial charge in [-0.15, -0.1) is 0 Å². The van der Waals surface area contributed by atoms with Gasteiger partial charge in [-0.2, -0.15) is 0 Å². The van der Waals surface area contributed by atoms with Gasteiger partial charge in [-0.25, -0.2) is 9.18 Å². The maximum Gasteiger partial charge on any atom is 0.411 e. The second kappa shape index (κ2) is 8.54. The third-order valence-electron chi connectivity index (χ3n) is 6.68. The number of carbonyl (C=O) groups is 3. The van der Waals surface area contributed by atoms with E-state index >= 15 is 0 Å². The van der Waals surface area contributed by atoms with Crippen LogP contribution in [0.4, 0.5) is 14.9 Å². The van der Waals surface area contributed by atoms with Gasteiger partial charge in [0, 0.05) is 19.0 Å². The van der Waals surface area contributed by atoms with E-state index in [2.05, 4.69) is 5.32 Å². The second-order valence-corrected chi connectivity index (χ2v) is 9.17. The Labute approximate surface area is 201 Å². The van der Waals surface area contributed by atoms with E-state index in [1.165, 1.54) is 11.0 Å². The summed E-state index contributed by atoms with van der Waals surface area (Å²) in [6.45, 7) is 1.64. The molecule has 0 atom stereocenters. The molecule has 3 aromatic carbocycles. The molecule has 2 aliphatic rings. The fraction of sp³-hybridized carbons (Fsp3) is 0.222. The van der Waals surface area contributed by atoms with E-state index in [9.17, 15) is 23.9 Å². The molecule has 0 bridgehead atoms. The lowest BCUT2D eigenvalue weighted by Gasteiger charge is -2.45. The highest BCUT2D eigenvalue weighted by Gasteiger charge is 2.47. The van der Waals surface area contributed by atoms with E-state index in [-0.39, 0.29) is 36.9 Å². The molecule has 0 aromatic heterocycles. The molecule has 0 spiro atoms. The molecule has 178 valence electrons. The van der Waals surface area contributed by atoms with Crippen molar-refractivity contribution in [2.24, 2.45) is 5.41 Å². The molecule has 7 nitrogen and oxygen atoms in total. The number of aliphatic carboxylic acids is 1. The first kappa shape index (κ1) is 22.6. The number of carboxylic acids is 1. The Hall–Kier alpha value is -4.20. The Morgan fingerprint density at radius 1 is 1.03 bits per heavy atom. The lowest BCUT2D eigenvalue weighted by Crippen LogP contribution is -2.60. The van der Waals surface area contributed by atoms with Crippen LogP contribution in [0.15, 0.2) is 66.7 Å². The summed E-state index contributed by atoms with van der Waals surface area (Å²) < 4.78 is 19.5.